The van der Waals surface area contributed by atoms with Gasteiger partial charge in [0.05, 0.1) is 12.2 Å². The molecule has 0 unspecified atom stereocenters. The molecule has 0 aromatic heterocycles. The second-order valence-corrected chi connectivity index (χ2v) is 12.4. The van der Waals surface area contributed by atoms with E-state index >= 15 is 0 Å². The van der Waals surface area contributed by atoms with Gasteiger partial charge in [0, 0.05) is 27.8 Å². The van der Waals surface area contributed by atoms with Gasteiger partial charge in [-0.15, -0.1) is 0 Å². The predicted octanol–water partition coefficient (Wildman–Crippen LogP) is 10.1. The smallest absolute Gasteiger partial charge is 0.411 e. The van der Waals surface area contributed by atoms with Crippen molar-refractivity contribution in [3.63, 3.8) is 0 Å². The van der Waals surface area contributed by atoms with Crippen molar-refractivity contribution in [2.75, 3.05) is 17.2 Å². The number of Topliss-reactive ketones (excluding diaryl/α,β-unsaturated/α-hetero) is 2. The first-order valence-corrected chi connectivity index (χ1v) is 15.6. The van der Waals surface area contributed by atoms with E-state index in [2.05, 4.69) is 10.6 Å². The summed E-state index contributed by atoms with van der Waals surface area (Å²) < 4.78 is 88.2. The van der Waals surface area contributed by atoms with Gasteiger partial charge in [-0.05, 0) is 61.9 Å². The van der Waals surface area contributed by atoms with Gasteiger partial charge < -0.3 is 15.7 Å². The van der Waals surface area contributed by atoms with E-state index in [1.54, 1.807) is 32.9 Å². The molecular weight excluding hydrogens is 622 g/mol. The molecule has 5 nitrogen and oxygen atoms in total. The summed E-state index contributed by atoms with van der Waals surface area (Å²) >= 11 is 0. The highest BCUT2D eigenvalue weighted by molar-refractivity contribution is 6.00. The number of anilines is 2. The first-order chi connectivity index (χ1) is 21.8. The molecule has 3 aromatic rings. The zero-order valence-corrected chi connectivity index (χ0v) is 27.4. The Morgan fingerprint density at radius 2 is 1.15 bits per heavy atom. The lowest BCUT2D eigenvalue weighted by Crippen LogP contribution is -2.54. The molecule has 0 bridgehead atoms. The largest absolute Gasteiger partial charge is 0.506 e. The number of benzene rings is 3. The van der Waals surface area contributed by atoms with Gasteiger partial charge in [0.25, 0.3) is 0 Å². The summed E-state index contributed by atoms with van der Waals surface area (Å²) in [6.45, 7) is 11.0. The number of aromatic hydroxyl groups is 1. The van der Waals surface area contributed by atoms with E-state index in [1.165, 1.54) is 6.07 Å². The highest BCUT2D eigenvalue weighted by atomic mass is 19.4. The standard InChI is InChI=1S/C36H42F6N2O3/c1-7-32(5,8-2)31(47)24-13-17-26(18-14-24)34(35(37,38)39,36(40,41)42)25-15-11-23(12-16-25)30(46)22-43-28-21-27(19-20-29(28)45)44-33(6,9-3)10-4/h11-21,43-45H,7-10,22H2,1-6H3. The van der Waals surface area contributed by atoms with Gasteiger partial charge in [-0.1, -0.05) is 83.1 Å². The highest BCUT2D eigenvalue weighted by Crippen LogP contribution is 2.56. The number of phenolic OH excluding ortho intramolecular Hbond substituents is 1. The molecule has 47 heavy (non-hydrogen) atoms. The third-order valence-corrected chi connectivity index (χ3v) is 9.62. The fraction of sp³-hybridized carbons (Fsp3) is 0.444. The third kappa shape index (κ3) is 7.44. The van der Waals surface area contributed by atoms with Gasteiger partial charge in [0.15, 0.2) is 11.6 Å². The van der Waals surface area contributed by atoms with E-state index in [0.717, 1.165) is 37.1 Å². The molecule has 0 aliphatic heterocycles. The number of hydrogen-bond acceptors (Lipinski definition) is 5. The quantitative estimate of drug-likeness (QED) is 0.0692. The van der Waals surface area contributed by atoms with Crippen molar-refractivity contribution in [1.82, 2.24) is 0 Å². The topological polar surface area (TPSA) is 78.4 Å². The van der Waals surface area contributed by atoms with Crippen LogP contribution < -0.4 is 10.6 Å². The Bertz CT molecular complexity index is 1520. The first kappa shape index (κ1) is 37.4. The average molecular weight is 665 g/mol. The van der Waals surface area contributed by atoms with Crippen molar-refractivity contribution in [3.8, 4) is 5.75 Å². The molecule has 0 aliphatic carbocycles. The normalized spacial score (nSPS) is 12.9. The molecule has 0 atom stereocenters. The van der Waals surface area contributed by atoms with E-state index in [-0.39, 0.29) is 40.4 Å². The third-order valence-electron chi connectivity index (χ3n) is 9.62. The predicted molar refractivity (Wildman–Crippen MR) is 172 cm³/mol. The number of carbonyl (C=O) groups excluding carboxylic acids is 2. The number of rotatable bonds is 14. The van der Waals surface area contributed by atoms with Crippen molar-refractivity contribution in [1.29, 1.82) is 0 Å². The van der Waals surface area contributed by atoms with Crippen LogP contribution in [-0.4, -0.2) is 41.1 Å². The van der Waals surface area contributed by atoms with Crippen molar-refractivity contribution in [2.24, 2.45) is 5.41 Å². The molecule has 3 aromatic carbocycles. The van der Waals surface area contributed by atoms with Crippen LogP contribution in [0.2, 0.25) is 0 Å². The Morgan fingerprint density at radius 1 is 0.681 bits per heavy atom. The number of halogens is 6. The van der Waals surface area contributed by atoms with Crippen LogP contribution in [-0.2, 0) is 5.41 Å². The molecule has 256 valence electrons. The van der Waals surface area contributed by atoms with Gasteiger partial charge in [0.2, 0.25) is 5.41 Å². The van der Waals surface area contributed by atoms with Crippen LogP contribution in [0.25, 0.3) is 0 Å². The molecule has 0 spiro atoms. The second kappa shape index (κ2) is 14.0. The Labute approximate surface area is 271 Å². The Hall–Kier alpha value is -4.02. The molecule has 0 saturated carbocycles. The molecular formula is C36H42F6N2O3. The van der Waals surface area contributed by atoms with Crippen LogP contribution in [0.1, 0.15) is 99.1 Å². The number of carbonyl (C=O) groups is 2. The number of phenols is 1. The van der Waals surface area contributed by atoms with Crippen LogP contribution in [0.5, 0.6) is 5.75 Å². The minimum Gasteiger partial charge on any atom is -0.506 e. The van der Waals surface area contributed by atoms with Crippen molar-refractivity contribution < 1.29 is 41.0 Å². The molecule has 0 saturated heterocycles. The fourth-order valence-electron chi connectivity index (χ4n) is 5.49. The molecule has 0 heterocycles. The van der Waals surface area contributed by atoms with Crippen LogP contribution in [0, 0.1) is 5.41 Å². The number of alkyl halides is 6. The van der Waals surface area contributed by atoms with Gasteiger partial charge >= 0.3 is 12.4 Å². The lowest BCUT2D eigenvalue weighted by atomic mass is 9.72. The minimum absolute atomic E-state index is 0.0174. The molecule has 0 fully saturated rings. The monoisotopic (exact) mass is 664 g/mol. The maximum atomic E-state index is 14.7. The van der Waals surface area contributed by atoms with E-state index < -0.39 is 40.1 Å². The van der Waals surface area contributed by atoms with Crippen LogP contribution in [0.4, 0.5) is 37.7 Å². The second-order valence-electron chi connectivity index (χ2n) is 12.4. The van der Waals surface area contributed by atoms with Crippen LogP contribution in [0.3, 0.4) is 0 Å². The number of hydrogen-bond donors (Lipinski definition) is 3. The van der Waals surface area contributed by atoms with Crippen molar-refractivity contribution >= 4 is 22.9 Å². The zero-order chi connectivity index (χ0) is 35.4. The summed E-state index contributed by atoms with van der Waals surface area (Å²) in [4.78, 5) is 26.0. The van der Waals surface area contributed by atoms with E-state index in [0.29, 0.717) is 42.8 Å². The lowest BCUT2D eigenvalue weighted by molar-refractivity contribution is -0.288. The maximum Gasteiger partial charge on any atom is 0.411 e. The van der Waals surface area contributed by atoms with Crippen LogP contribution >= 0.6 is 0 Å². The summed E-state index contributed by atoms with van der Waals surface area (Å²) in [7, 11) is 0. The number of ketones is 2. The summed E-state index contributed by atoms with van der Waals surface area (Å²) in [6.07, 6.45) is -9.10. The molecule has 0 radical (unpaired) electrons. The fourth-order valence-corrected chi connectivity index (χ4v) is 5.49. The Kier molecular flexibility index (Phi) is 11.1. The maximum absolute atomic E-state index is 14.7. The van der Waals surface area contributed by atoms with E-state index in [9.17, 15) is 41.0 Å². The molecule has 0 amide bonds. The number of nitrogens with one attached hydrogen (secondary N) is 2. The average Bonchev–Trinajstić information content (AvgIpc) is 3.03. The molecule has 3 rings (SSSR count). The lowest BCUT2D eigenvalue weighted by Gasteiger charge is -2.38. The Balaban J connectivity index is 1.94. The molecule has 11 heteroatoms. The van der Waals surface area contributed by atoms with Gasteiger partial charge in [-0.3, -0.25) is 9.59 Å². The van der Waals surface area contributed by atoms with Gasteiger partial charge in [-0.25, -0.2) is 0 Å². The van der Waals surface area contributed by atoms with Crippen molar-refractivity contribution in [2.45, 2.75) is 90.5 Å². The van der Waals surface area contributed by atoms with Gasteiger partial charge in [0.1, 0.15) is 5.75 Å². The summed E-state index contributed by atoms with van der Waals surface area (Å²) in [5.74, 6) is -1.13. The Morgan fingerprint density at radius 3 is 1.57 bits per heavy atom. The van der Waals surface area contributed by atoms with Gasteiger partial charge in [-0.2, -0.15) is 26.3 Å². The van der Waals surface area contributed by atoms with E-state index in [1.807, 2.05) is 20.8 Å². The molecule has 0 aliphatic rings. The summed E-state index contributed by atoms with van der Waals surface area (Å²) in [5.41, 5.74) is -6.87. The minimum atomic E-state index is -5.83. The molecule has 3 N–H and O–H groups in total. The zero-order valence-electron chi connectivity index (χ0n) is 27.4. The van der Waals surface area contributed by atoms with Crippen molar-refractivity contribution in [3.05, 3.63) is 89.0 Å². The highest BCUT2D eigenvalue weighted by Gasteiger charge is 2.72. The summed E-state index contributed by atoms with van der Waals surface area (Å²) in [5, 5.41) is 16.5. The van der Waals surface area contributed by atoms with E-state index in [4.69, 9.17) is 0 Å². The first-order valence-electron chi connectivity index (χ1n) is 15.6. The summed E-state index contributed by atoms with van der Waals surface area (Å²) in [6, 6.07) is 11.3. The SMILES string of the molecule is CCC(C)(CC)Nc1ccc(O)c(NCC(=O)c2ccc(C(c3ccc(C(=O)C(C)(CC)CC)cc3)(C(F)(F)F)C(F)(F)F)cc2)c1. The van der Waals surface area contributed by atoms with Crippen LogP contribution in [0.15, 0.2) is 66.7 Å².